The zero-order valence-corrected chi connectivity index (χ0v) is 13.2. The van der Waals surface area contributed by atoms with Gasteiger partial charge in [0.2, 0.25) is 5.75 Å². The molecule has 0 saturated heterocycles. The highest BCUT2D eigenvalue weighted by Gasteiger charge is 2.25. The maximum atomic E-state index is 5.52. The van der Waals surface area contributed by atoms with E-state index in [0.29, 0.717) is 17.2 Å². The Balaban J connectivity index is 2.58. The van der Waals surface area contributed by atoms with E-state index in [1.807, 2.05) is 6.07 Å². The van der Waals surface area contributed by atoms with Crippen LogP contribution in [0.2, 0.25) is 0 Å². The van der Waals surface area contributed by atoms with Crippen LogP contribution in [0.3, 0.4) is 0 Å². The van der Waals surface area contributed by atoms with Crippen LogP contribution < -0.4 is 25.4 Å². The summed E-state index contributed by atoms with van der Waals surface area (Å²) in [5.41, 5.74) is 11.0. The molecule has 0 fully saturated rings. The van der Waals surface area contributed by atoms with Crippen LogP contribution in [0.4, 0.5) is 0 Å². The normalized spacial score (nSPS) is 15.3. The van der Waals surface area contributed by atoms with Crippen molar-refractivity contribution >= 4 is 23.0 Å². The number of thiocarbonyl (C=S) groups is 1. The first-order chi connectivity index (χ1) is 10.1. The van der Waals surface area contributed by atoms with Crippen LogP contribution in [0.5, 0.6) is 17.2 Å². The number of nitrogens with one attached hydrogen (secondary N) is 1. The number of hydrazone groups is 1. The predicted octanol–water partition coefficient (Wildman–Crippen LogP) is 1.59. The van der Waals surface area contributed by atoms with Gasteiger partial charge in [-0.1, -0.05) is 0 Å². The third-order valence-electron chi connectivity index (χ3n) is 3.39. The van der Waals surface area contributed by atoms with E-state index in [9.17, 15) is 0 Å². The molecule has 1 aromatic carbocycles. The molecule has 0 spiro atoms. The van der Waals surface area contributed by atoms with Crippen molar-refractivity contribution in [3.63, 3.8) is 0 Å². The molecule has 21 heavy (non-hydrogen) atoms. The fourth-order valence-corrected chi connectivity index (χ4v) is 2.57. The van der Waals surface area contributed by atoms with Gasteiger partial charge in [-0.25, -0.2) is 0 Å². The Labute approximate surface area is 129 Å². The molecule has 7 heteroatoms. The summed E-state index contributed by atoms with van der Waals surface area (Å²) in [5, 5.41) is 4.42. The Morgan fingerprint density at radius 1 is 1.19 bits per heavy atom. The minimum absolute atomic E-state index is 0.141. The van der Waals surface area contributed by atoms with Gasteiger partial charge in [-0.05, 0) is 37.5 Å². The van der Waals surface area contributed by atoms with Crippen LogP contribution in [-0.4, -0.2) is 32.2 Å². The Kier molecular flexibility index (Phi) is 4.85. The summed E-state index contributed by atoms with van der Waals surface area (Å²) in [6.07, 6.45) is 2.70. The molecule has 2 rings (SSSR count). The topological polar surface area (TPSA) is 78.1 Å². The van der Waals surface area contributed by atoms with E-state index in [2.05, 4.69) is 10.5 Å². The molecule has 3 N–H and O–H groups in total. The van der Waals surface area contributed by atoms with Gasteiger partial charge in [0.1, 0.15) is 0 Å². The van der Waals surface area contributed by atoms with Crippen molar-refractivity contribution in [3.8, 4) is 17.2 Å². The Morgan fingerprint density at radius 2 is 1.90 bits per heavy atom. The number of benzene rings is 1. The first-order valence-electron chi connectivity index (χ1n) is 6.56. The van der Waals surface area contributed by atoms with Crippen molar-refractivity contribution in [1.29, 1.82) is 0 Å². The van der Waals surface area contributed by atoms with Crippen molar-refractivity contribution in [2.45, 2.75) is 19.3 Å². The summed E-state index contributed by atoms with van der Waals surface area (Å²) in [4.78, 5) is 0. The average Bonchev–Trinajstić information content (AvgIpc) is 2.50. The molecule has 0 heterocycles. The largest absolute Gasteiger partial charge is 0.493 e. The molecule has 0 unspecified atom stereocenters. The first-order valence-corrected chi connectivity index (χ1v) is 6.97. The molecule has 0 amide bonds. The summed E-state index contributed by atoms with van der Waals surface area (Å²) >= 11 is 4.79. The second kappa shape index (κ2) is 6.62. The summed E-state index contributed by atoms with van der Waals surface area (Å²) in [5.74, 6) is 1.90. The summed E-state index contributed by atoms with van der Waals surface area (Å²) < 4.78 is 16.3. The van der Waals surface area contributed by atoms with Crippen LogP contribution in [0, 0.1) is 0 Å². The number of hydrogen-bond acceptors (Lipinski definition) is 5. The SMILES string of the molecule is COc1cc2c(c(OC)c1OC)CCC/C2=N/NC(N)=S. The number of nitrogens with zero attached hydrogens (tertiary/aromatic N) is 1. The summed E-state index contributed by atoms with van der Waals surface area (Å²) in [7, 11) is 4.81. The molecule has 0 saturated carbocycles. The van der Waals surface area contributed by atoms with Gasteiger partial charge in [0.05, 0.1) is 27.0 Å². The van der Waals surface area contributed by atoms with E-state index in [1.54, 1.807) is 21.3 Å². The Morgan fingerprint density at radius 3 is 2.48 bits per heavy atom. The number of ether oxygens (including phenoxy) is 3. The first kappa shape index (κ1) is 15.4. The molecular formula is C14H19N3O3S. The van der Waals surface area contributed by atoms with E-state index in [-0.39, 0.29) is 5.11 Å². The number of rotatable bonds is 4. The molecular weight excluding hydrogens is 290 g/mol. The summed E-state index contributed by atoms with van der Waals surface area (Å²) in [6.45, 7) is 0. The van der Waals surface area contributed by atoms with Gasteiger partial charge in [0.15, 0.2) is 16.6 Å². The minimum Gasteiger partial charge on any atom is -0.493 e. The average molecular weight is 309 g/mol. The van der Waals surface area contributed by atoms with Crippen LogP contribution >= 0.6 is 12.2 Å². The highest BCUT2D eigenvalue weighted by Crippen LogP contribution is 2.44. The number of hydrogen-bond donors (Lipinski definition) is 2. The van der Waals surface area contributed by atoms with E-state index >= 15 is 0 Å². The molecule has 6 nitrogen and oxygen atoms in total. The zero-order valence-electron chi connectivity index (χ0n) is 12.4. The highest BCUT2D eigenvalue weighted by atomic mass is 32.1. The maximum Gasteiger partial charge on any atom is 0.203 e. The van der Waals surface area contributed by atoms with Gasteiger partial charge >= 0.3 is 0 Å². The lowest BCUT2D eigenvalue weighted by molar-refractivity contribution is 0.321. The third-order valence-corrected chi connectivity index (χ3v) is 3.48. The van der Waals surface area contributed by atoms with Crippen LogP contribution in [0.1, 0.15) is 24.0 Å². The van der Waals surface area contributed by atoms with Crippen LogP contribution in [0.25, 0.3) is 0 Å². The van der Waals surface area contributed by atoms with Gasteiger partial charge < -0.3 is 19.9 Å². The van der Waals surface area contributed by atoms with E-state index in [0.717, 1.165) is 36.1 Å². The predicted molar refractivity (Wildman–Crippen MR) is 85.5 cm³/mol. The lowest BCUT2D eigenvalue weighted by Gasteiger charge is -2.23. The lowest BCUT2D eigenvalue weighted by Crippen LogP contribution is -2.26. The lowest BCUT2D eigenvalue weighted by atomic mass is 9.88. The van der Waals surface area contributed by atoms with Gasteiger partial charge in [-0.15, -0.1) is 0 Å². The van der Waals surface area contributed by atoms with Crippen LogP contribution in [-0.2, 0) is 6.42 Å². The fraction of sp³-hybridized carbons (Fsp3) is 0.429. The second-order valence-electron chi connectivity index (χ2n) is 4.56. The number of fused-ring (bicyclic) bond motifs is 1. The molecule has 1 aromatic rings. The van der Waals surface area contributed by atoms with Gasteiger partial charge in [0, 0.05) is 11.1 Å². The standard InChI is InChI=1S/C14H19N3O3S/c1-18-11-7-9-8(12(19-2)13(11)20-3)5-4-6-10(9)16-17-14(15)21/h7H,4-6H2,1-3H3,(H3,15,17,21)/b16-10-. The van der Waals surface area contributed by atoms with Crippen molar-refractivity contribution in [3.05, 3.63) is 17.2 Å². The molecule has 0 radical (unpaired) electrons. The van der Waals surface area contributed by atoms with Crippen molar-refractivity contribution in [2.24, 2.45) is 10.8 Å². The number of methoxy groups -OCH3 is 3. The highest BCUT2D eigenvalue weighted by molar-refractivity contribution is 7.80. The quantitative estimate of drug-likeness (QED) is 0.649. The monoisotopic (exact) mass is 309 g/mol. The van der Waals surface area contributed by atoms with Gasteiger partial charge in [-0.2, -0.15) is 5.10 Å². The fourth-order valence-electron chi connectivity index (χ4n) is 2.53. The van der Waals surface area contributed by atoms with Crippen LogP contribution in [0.15, 0.2) is 11.2 Å². The van der Waals surface area contributed by atoms with Crippen molar-refractivity contribution in [1.82, 2.24) is 5.43 Å². The van der Waals surface area contributed by atoms with Gasteiger partial charge in [-0.3, -0.25) is 5.43 Å². The van der Waals surface area contributed by atoms with Gasteiger partial charge in [0.25, 0.3) is 0 Å². The molecule has 0 aliphatic heterocycles. The zero-order chi connectivity index (χ0) is 15.4. The molecule has 1 aliphatic rings. The molecule has 0 atom stereocenters. The molecule has 1 aliphatic carbocycles. The minimum atomic E-state index is 0.141. The third kappa shape index (κ3) is 3.02. The summed E-state index contributed by atoms with van der Waals surface area (Å²) in [6, 6.07) is 1.91. The number of nitrogens with two attached hydrogens (primary N) is 1. The van der Waals surface area contributed by atoms with E-state index in [4.69, 9.17) is 32.2 Å². The van der Waals surface area contributed by atoms with E-state index < -0.39 is 0 Å². The Hall–Kier alpha value is -2.02. The molecule has 0 aromatic heterocycles. The maximum absolute atomic E-state index is 5.52. The van der Waals surface area contributed by atoms with E-state index in [1.165, 1.54) is 0 Å². The second-order valence-corrected chi connectivity index (χ2v) is 5.00. The molecule has 0 bridgehead atoms. The van der Waals surface area contributed by atoms with Crippen molar-refractivity contribution < 1.29 is 14.2 Å². The Bertz CT molecular complexity index is 587. The smallest absolute Gasteiger partial charge is 0.203 e. The molecule has 114 valence electrons. The van der Waals surface area contributed by atoms with Crippen molar-refractivity contribution in [2.75, 3.05) is 21.3 Å².